The minimum absolute atomic E-state index is 0.183. The van der Waals surface area contributed by atoms with Gasteiger partial charge in [-0.3, -0.25) is 9.59 Å². The topological polar surface area (TPSA) is 65.2 Å². The maximum atomic E-state index is 13.6. The van der Waals surface area contributed by atoms with Crippen LogP contribution in [-0.2, 0) is 4.79 Å². The Labute approximate surface area is 152 Å². The molecule has 2 N–H and O–H groups in total. The molecule has 0 fully saturated rings. The number of aromatic nitrogens is 1. The van der Waals surface area contributed by atoms with E-state index >= 15 is 0 Å². The number of halogens is 3. The molecule has 0 aliphatic heterocycles. The van der Waals surface area contributed by atoms with E-state index in [-0.39, 0.29) is 12.2 Å². The van der Waals surface area contributed by atoms with Crippen LogP contribution in [0, 0.1) is 17.5 Å². The Kier molecular flexibility index (Phi) is 5.16. The number of fused-ring (bicyclic) bond motifs is 1. The number of carbonyl (C=O) groups is 2. The largest absolute Gasteiger partial charge is 0.351 e. The molecular formula is C19H16F3N3O2. The second-order valence-corrected chi connectivity index (χ2v) is 5.88. The standard InChI is InChI=1S/C19H16F3N3O2/c1-2-25(10-17(26)24-18-13(21)4-3-5-14(18)22)19(27)16-9-11-8-12(20)6-7-15(11)23-16/h3-9,23H,2,10H2,1H3,(H,24,26). The summed E-state index contributed by atoms with van der Waals surface area (Å²) < 4.78 is 40.6. The molecule has 3 aromatic rings. The van der Waals surface area contributed by atoms with Crippen molar-refractivity contribution in [2.75, 3.05) is 18.4 Å². The third kappa shape index (κ3) is 3.94. The van der Waals surface area contributed by atoms with Gasteiger partial charge in [0.2, 0.25) is 5.91 Å². The molecule has 0 radical (unpaired) electrons. The fraction of sp³-hybridized carbons (Fsp3) is 0.158. The van der Waals surface area contributed by atoms with E-state index in [0.717, 1.165) is 12.1 Å². The Bertz CT molecular complexity index is 996. The highest BCUT2D eigenvalue weighted by Gasteiger charge is 2.21. The lowest BCUT2D eigenvalue weighted by atomic mass is 10.2. The Hall–Kier alpha value is -3.29. The first-order chi connectivity index (χ1) is 12.9. The maximum absolute atomic E-state index is 13.6. The number of carbonyl (C=O) groups excluding carboxylic acids is 2. The van der Waals surface area contributed by atoms with Crippen LogP contribution in [0.3, 0.4) is 0 Å². The fourth-order valence-electron chi connectivity index (χ4n) is 2.69. The smallest absolute Gasteiger partial charge is 0.270 e. The van der Waals surface area contributed by atoms with Crippen molar-refractivity contribution in [3.63, 3.8) is 0 Å². The van der Waals surface area contributed by atoms with E-state index in [1.165, 1.54) is 35.2 Å². The van der Waals surface area contributed by atoms with E-state index in [0.29, 0.717) is 10.9 Å². The predicted octanol–water partition coefficient (Wildman–Crippen LogP) is 3.69. The SMILES string of the molecule is CCN(CC(=O)Nc1c(F)cccc1F)C(=O)c1cc2cc(F)ccc2[nH]1. The molecule has 0 aliphatic rings. The van der Waals surface area contributed by atoms with Crippen LogP contribution in [0.5, 0.6) is 0 Å². The number of likely N-dealkylation sites (N-methyl/N-ethyl adjacent to an activating group) is 1. The van der Waals surface area contributed by atoms with Gasteiger partial charge in [0.15, 0.2) is 0 Å². The van der Waals surface area contributed by atoms with E-state index < -0.39 is 41.5 Å². The Morgan fingerprint density at radius 2 is 1.78 bits per heavy atom. The zero-order valence-corrected chi connectivity index (χ0v) is 14.4. The summed E-state index contributed by atoms with van der Waals surface area (Å²) in [6, 6.07) is 8.76. The number of benzene rings is 2. The normalized spacial score (nSPS) is 10.8. The van der Waals surface area contributed by atoms with Gasteiger partial charge < -0.3 is 15.2 Å². The average molecular weight is 375 g/mol. The first kappa shape index (κ1) is 18.5. The van der Waals surface area contributed by atoms with Gasteiger partial charge in [-0.15, -0.1) is 0 Å². The minimum Gasteiger partial charge on any atom is -0.351 e. The molecule has 0 bridgehead atoms. The van der Waals surface area contributed by atoms with Gasteiger partial charge in [-0.25, -0.2) is 13.2 Å². The molecule has 1 heterocycles. The lowest BCUT2D eigenvalue weighted by Crippen LogP contribution is -2.38. The van der Waals surface area contributed by atoms with Crippen molar-refractivity contribution < 1.29 is 22.8 Å². The van der Waals surface area contributed by atoms with Gasteiger partial charge in [0.25, 0.3) is 5.91 Å². The summed E-state index contributed by atoms with van der Waals surface area (Å²) in [7, 11) is 0. The number of nitrogens with one attached hydrogen (secondary N) is 2. The maximum Gasteiger partial charge on any atom is 0.270 e. The van der Waals surface area contributed by atoms with Crippen LogP contribution >= 0.6 is 0 Å². The van der Waals surface area contributed by atoms with Crippen LogP contribution in [0.15, 0.2) is 42.5 Å². The summed E-state index contributed by atoms with van der Waals surface area (Å²) >= 11 is 0. The van der Waals surface area contributed by atoms with Gasteiger partial charge >= 0.3 is 0 Å². The van der Waals surface area contributed by atoms with E-state index in [1.807, 2.05) is 0 Å². The molecular weight excluding hydrogens is 359 g/mol. The monoisotopic (exact) mass is 375 g/mol. The van der Waals surface area contributed by atoms with Crippen LogP contribution < -0.4 is 5.32 Å². The van der Waals surface area contributed by atoms with E-state index in [2.05, 4.69) is 10.3 Å². The van der Waals surface area contributed by atoms with Crippen LogP contribution in [-0.4, -0.2) is 34.8 Å². The molecule has 0 aliphatic carbocycles. The lowest BCUT2D eigenvalue weighted by Gasteiger charge is -2.19. The molecule has 27 heavy (non-hydrogen) atoms. The third-order valence-corrected chi connectivity index (χ3v) is 4.04. The molecule has 0 unspecified atom stereocenters. The number of H-pyrrole nitrogens is 1. The second kappa shape index (κ2) is 7.53. The fourth-order valence-corrected chi connectivity index (χ4v) is 2.69. The first-order valence-corrected chi connectivity index (χ1v) is 8.20. The van der Waals surface area contributed by atoms with Gasteiger partial charge in [-0.05, 0) is 43.3 Å². The zero-order chi connectivity index (χ0) is 19.6. The van der Waals surface area contributed by atoms with Crippen LogP contribution in [0.25, 0.3) is 10.9 Å². The van der Waals surface area contributed by atoms with Crippen LogP contribution in [0.1, 0.15) is 17.4 Å². The van der Waals surface area contributed by atoms with Gasteiger partial charge in [-0.2, -0.15) is 0 Å². The van der Waals surface area contributed by atoms with E-state index in [1.54, 1.807) is 6.92 Å². The summed E-state index contributed by atoms with van der Waals surface area (Å²) in [5, 5.41) is 2.66. The van der Waals surface area contributed by atoms with Gasteiger partial charge in [0.1, 0.15) is 35.4 Å². The summed E-state index contributed by atoms with van der Waals surface area (Å²) in [6.07, 6.45) is 0. The Morgan fingerprint density at radius 3 is 2.44 bits per heavy atom. The van der Waals surface area contributed by atoms with Gasteiger partial charge in [0.05, 0.1) is 0 Å². The average Bonchev–Trinajstić information content (AvgIpc) is 3.05. The summed E-state index contributed by atoms with van der Waals surface area (Å²) in [4.78, 5) is 28.8. The second-order valence-electron chi connectivity index (χ2n) is 5.88. The molecule has 8 heteroatoms. The van der Waals surface area contributed by atoms with Crippen molar-refractivity contribution in [1.82, 2.24) is 9.88 Å². The molecule has 3 rings (SSSR count). The minimum atomic E-state index is -0.907. The van der Waals surface area contributed by atoms with E-state index in [9.17, 15) is 22.8 Å². The predicted molar refractivity (Wildman–Crippen MR) is 94.8 cm³/mol. The van der Waals surface area contributed by atoms with Crippen molar-refractivity contribution in [2.24, 2.45) is 0 Å². The molecule has 0 saturated carbocycles. The van der Waals surface area contributed by atoms with Gasteiger partial charge in [-0.1, -0.05) is 6.07 Å². The molecule has 2 amide bonds. The molecule has 0 saturated heterocycles. The summed E-state index contributed by atoms with van der Waals surface area (Å²) in [6.45, 7) is 1.46. The molecule has 1 aromatic heterocycles. The van der Waals surface area contributed by atoms with Crippen LogP contribution in [0.2, 0.25) is 0 Å². The van der Waals surface area contributed by atoms with Crippen molar-refractivity contribution in [2.45, 2.75) is 6.92 Å². The molecule has 5 nitrogen and oxygen atoms in total. The van der Waals surface area contributed by atoms with Crippen LogP contribution in [0.4, 0.5) is 18.9 Å². The number of hydrogen-bond acceptors (Lipinski definition) is 2. The summed E-state index contributed by atoms with van der Waals surface area (Å²) in [5.41, 5.74) is 0.197. The number of hydrogen-bond donors (Lipinski definition) is 2. The zero-order valence-electron chi connectivity index (χ0n) is 14.4. The van der Waals surface area contributed by atoms with E-state index in [4.69, 9.17) is 0 Å². The quantitative estimate of drug-likeness (QED) is 0.714. The highest BCUT2D eigenvalue weighted by Crippen LogP contribution is 2.19. The van der Waals surface area contributed by atoms with Crippen molar-refractivity contribution >= 4 is 28.4 Å². The Balaban J connectivity index is 1.75. The molecule has 0 spiro atoms. The number of anilines is 1. The Morgan fingerprint density at radius 1 is 1.07 bits per heavy atom. The number of para-hydroxylation sites is 1. The number of aromatic amines is 1. The van der Waals surface area contributed by atoms with Crippen molar-refractivity contribution in [3.05, 3.63) is 65.6 Å². The third-order valence-electron chi connectivity index (χ3n) is 4.04. The molecule has 140 valence electrons. The summed E-state index contributed by atoms with van der Waals surface area (Å²) in [5.74, 6) is -3.47. The first-order valence-electron chi connectivity index (χ1n) is 8.20. The number of rotatable bonds is 5. The van der Waals surface area contributed by atoms with Gasteiger partial charge in [0, 0.05) is 17.4 Å². The highest BCUT2D eigenvalue weighted by molar-refractivity contribution is 6.01. The van der Waals surface area contributed by atoms with Crippen molar-refractivity contribution in [1.29, 1.82) is 0 Å². The number of nitrogens with zero attached hydrogens (tertiary/aromatic N) is 1. The molecule has 2 aromatic carbocycles. The number of amides is 2. The molecule has 0 atom stereocenters. The van der Waals surface area contributed by atoms with Crippen molar-refractivity contribution in [3.8, 4) is 0 Å². The lowest BCUT2D eigenvalue weighted by molar-refractivity contribution is -0.116. The highest BCUT2D eigenvalue weighted by atomic mass is 19.1.